The van der Waals surface area contributed by atoms with Gasteiger partial charge >= 0.3 is 0 Å². The molecule has 0 heterocycles. The van der Waals surface area contributed by atoms with E-state index in [1.165, 1.54) is 57.8 Å². The Kier molecular flexibility index (Phi) is 6.84. The van der Waals surface area contributed by atoms with Crippen molar-refractivity contribution < 1.29 is 9.94 Å². The van der Waals surface area contributed by atoms with Crippen LogP contribution < -0.4 is 0 Å². The second kappa shape index (κ2) is 8.99. The number of hydrogen-bond acceptors (Lipinski definition) is 3. The lowest BCUT2D eigenvalue weighted by Gasteiger charge is -2.62. The highest BCUT2D eigenvalue weighted by Crippen LogP contribution is 2.68. The minimum Gasteiger partial charge on any atom is -0.411 e. The van der Waals surface area contributed by atoms with Crippen molar-refractivity contribution in [3.8, 4) is 0 Å². The molecule has 0 amide bonds. The molecule has 0 aromatic heterocycles. The van der Waals surface area contributed by atoms with Gasteiger partial charge in [-0.3, -0.25) is 0 Å². The molecule has 31 heavy (non-hydrogen) atoms. The zero-order chi connectivity index (χ0) is 22.4. The van der Waals surface area contributed by atoms with Gasteiger partial charge in [0.1, 0.15) is 0 Å². The van der Waals surface area contributed by atoms with E-state index in [0.29, 0.717) is 11.3 Å². The van der Waals surface area contributed by atoms with Crippen LogP contribution >= 0.6 is 0 Å². The topological polar surface area (TPSA) is 41.8 Å². The normalized spacial score (nSPS) is 47.1. The average molecular weight is 432 g/mol. The molecule has 4 rings (SSSR count). The molecular weight excluding hydrogens is 382 g/mol. The van der Waals surface area contributed by atoms with E-state index in [2.05, 4.69) is 39.8 Å². The van der Waals surface area contributed by atoms with Gasteiger partial charge in [0.25, 0.3) is 0 Å². The smallest absolute Gasteiger partial charge is 0.0683 e. The van der Waals surface area contributed by atoms with E-state index in [1.54, 1.807) is 0 Å². The van der Waals surface area contributed by atoms with Crippen LogP contribution in [0.5, 0.6) is 0 Å². The first-order valence-electron chi connectivity index (χ1n) is 13.5. The maximum absolute atomic E-state index is 9.47. The maximum atomic E-state index is 9.47. The highest BCUT2D eigenvalue weighted by Gasteiger charge is 2.62. The van der Waals surface area contributed by atoms with Crippen molar-refractivity contribution in [1.82, 2.24) is 0 Å². The molecule has 4 aliphatic carbocycles. The van der Waals surface area contributed by atoms with Crippen molar-refractivity contribution in [1.29, 1.82) is 0 Å². The van der Waals surface area contributed by atoms with Crippen LogP contribution in [0.3, 0.4) is 0 Å². The van der Waals surface area contributed by atoms with E-state index in [4.69, 9.17) is 4.74 Å². The number of oxime groups is 1. The lowest BCUT2D eigenvalue weighted by Crippen LogP contribution is -2.59. The number of nitrogens with zero attached hydrogens (tertiary/aromatic N) is 1. The lowest BCUT2D eigenvalue weighted by molar-refractivity contribution is -0.159. The predicted octanol–water partition coefficient (Wildman–Crippen LogP) is 7.56. The summed E-state index contributed by atoms with van der Waals surface area (Å²) in [6, 6.07) is 0. The molecule has 0 bridgehead atoms. The van der Waals surface area contributed by atoms with Gasteiger partial charge in [-0.1, -0.05) is 59.0 Å². The van der Waals surface area contributed by atoms with Crippen LogP contribution in [0.15, 0.2) is 5.16 Å². The number of hydrogen-bond donors (Lipinski definition) is 1. The quantitative estimate of drug-likeness (QED) is 0.348. The van der Waals surface area contributed by atoms with E-state index in [1.807, 2.05) is 7.11 Å². The first kappa shape index (κ1) is 23.6. The Hall–Kier alpha value is -0.570. The molecule has 3 nitrogen and oxygen atoms in total. The van der Waals surface area contributed by atoms with E-state index in [9.17, 15) is 5.21 Å². The fourth-order valence-corrected chi connectivity index (χ4v) is 9.54. The second-order valence-electron chi connectivity index (χ2n) is 12.8. The number of fused-ring (bicyclic) bond motifs is 5. The number of rotatable bonds is 6. The molecule has 0 aliphatic heterocycles. The van der Waals surface area contributed by atoms with Crippen molar-refractivity contribution in [3.05, 3.63) is 0 Å². The third-order valence-electron chi connectivity index (χ3n) is 11.2. The Morgan fingerprint density at radius 1 is 1.00 bits per heavy atom. The van der Waals surface area contributed by atoms with E-state index in [-0.39, 0.29) is 11.5 Å². The van der Waals surface area contributed by atoms with Gasteiger partial charge in [0, 0.05) is 18.9 Å². The largest absolute Gasteiger partial charge is 0.411 e. The first-order valence-corrected chi connectivity index (χ1v) is 13.5. The molecule has 1 N–H and O–H groups in total. The summed E-state index contributed by atoms with van der Waals surface area (Å²) in [6.45, 7) is 12.5. The minimum atomic E-state index is 0.210. The molecule has 178 valence electrons. The summed E-state index contributed by atoms with van der Waals surface area (Å²) in [5.74, 6) is 5.83. The van der Waals surface area contributed by atoms with Gasteiger partial charge in [-0.25, -0.2) is 0 Å². The summed E-state index contributed by atoms with van der Waals surface area (Å²) in [5, 5.41) is 13.1. The van der Waals surface area contributed by atoms with Crippen molar-refractivity contribution in [2.45, 2.75) is 111 Å². The van der Waals surface area contributed by atoms with E-state index in [0.717, 1.165) is 54.1 Å². The average Bonchev–Trinajstić information content (AvgIpc) is 3.09. The van der Waals surface area contributed by atoms with Gasteiger partial charge in [0.15, 0.2) is 0 Å². The van der Waals surface area contributed by atoms with Gasteiger partial charge in [0.2, 0.25) is 0 Å². The Morgan fingerprint density at radius 2 is 1.77 bits per heavy atom. The molecule has 4 fully saturated rings. The van der Waals surface area contributed by atoms with Crippen LogP contribution in [0.4, 0.5) is 0 Å². The van der Waals surface area contributed by atoms with Gasteiger partial charge in [-0.2, -0.15) is 0 Å². The summed E-state index contributed by atoms with van der Waals surface area (Å²) >= 11 is 0. The van der Waals surface area contributed by atoms with Crippen molar-refractivity contribution in [2.24, 2.45) is 57.4 Å². The van der Waals surface area contributed by atoms with Crippen LogP contribution in [-0.4, -0.2) is 24.1 Å². The summed E-state index contributed by atoms with van der Waals surface area (Å²) in [6.07, 6.45) is 14.6. The molecule has 0 aromatic carbocycles. The van der Waals surface area contributed by atoms with E-state index >= 15 is 0 Å². The standard InChI is InChI=1S/C28H49NO2/c1-18(2)8-7-9-19(3)23-12-13-24-22-11-10-20-16-21(29-30)17-26(31-6)28(20,5)25(22)14-15-27(23,24)4/h18-20,22-26,30H,7-17H2,1-6H3/b29-21-/t19-,20+,22+,23-,24+,25+,26-,27-,28+/m1/s1. The summed E-state index contributed by atoms with van der Waals surface area (Å²) < 4.78 is 6.11. The second-order valence-corrected chi connectivity index (χ2v) is 12.8. The van der Waals surface area contributed by atoms with Crippen LogP contribution in [0, 0.1) is 52.3 Å². The Labute approximate surface area is 191 Å². The third-order valence-corrected chi connectivity index (χ3v) is 11.2. The van der Waals surface area contributed by atoms with E-state index < -0.39 is 0 Å². The highest BCUT2D eigenvalue weighted by atomic mass is 16.5. The Balaban J connectivity index is 1.51. The molecule has 0 unspecified atom stereocenters. The van der Waals surface area contributed by atoms with Gasteiger partial charge in [0.05, 0.1) is 11.8 Å². The molecule has 4 aliphatic rings. The molecular formula is C28H49NO2. The number of ether oxygens (including phenoxy) is 1. The van der Waals surface area contributed by atoms with Crippen molar-refractivity contribution in [3.63, 3.8) is 0 Å². The van der Waals surface area contributed by atoms with Gasteiger partial charge in [-0.15, -0.1) is 0 Å². The van der Waals surface area contributed by atoms with Crippen LogP contribution in [0.1, 0.15) is 105 Å². The molecule has 9 atom stereocenters. The highest BCUT2D eigenvalue weighted by molar-refractivity contribution is 5.85. The molecule has 0 radical (unpaired) electrons. The first-order chi connectivity index (χ1) is 14.8. The predicted molar refractivity (Wildman–Crippen MR) is 128 cm³/mol. The van der Waals surface area contributed by atoms with Crippen molar-refractivity contribution in [2.75, 3.05) is 7.11 Å². The monoisotopic (exact) mass is 431 g/mol. The minimum absolute atomic E-state index is 0.210. The molecule has 0 saturated heterocycles. The molecule has 0 spiro atoms. The van der Waals surface area contributed by atoms with Crippen molar-refractivity contribution >= 4 is 5.71 Å². The fraction of sp³-hybridized carbons (Fsp3) is 0.964. The molecule has 0 aromatic rings. The molecule has 3 heteroatoms. The molecule has 4 saturated carbocycles. The summed E-state index contributed by atoms with van der Waals surface area (Å²) in [7, 11) is 1.88. The number of methoxy groups -OCH3 is 1. The Morgan fingerprint density at radius 3 is 2.45 bits per heavy atom. The van der Waals surface area contributed by atoms with Crippen LogP contribution in [0.2, 0.25) is 0 Å². The van der Waals surface area contributed by atoms with Gasteiger partial charge in [-0.05, 0) is 91.8 Å². The lowest BCUT2D eigenvalue weighted by atomic mass is 9.43. The Bertz CT molecular complexity index is 647. The van der Waals surface area contributed by atoms with Crippen LogP contribution in [0.25, 0.3) is 0 Å². The summed E-state index contributed by atoms with van der Waals surface area (Å²) in [5.41, 5.74) is 1.76. The zero-order valence-corrected chi connectivity index (χ0v) is 21.2. The van der Waals surface area contributed by atoms with Crippen LogP contribution in [-0.2, 0) is 4.74 Å². The fourth-order valence-electron chi connectivity index (χ4n) is 9.54. The van der Waals surface area contributed by atoms with Gasteiger partial charge < -0.3 is 9.94 Å². The maximum Gasteiger partial charge on any atom is 0.0683 e. The summed E-state index contributed by atoms with van der Waals surface area (Å²) in [4.78, 5) is 0. The zero-order valence-electron chi connectivity index (χ0n) is 21.2. The SMILES string of the molecule is CO[C@@H]1C/C(=N\O)C[C@@H]2CC[C@H]3[C@@H]4CC[C@H]([C@H](C)CCCC(C)C)[C@@]4(C)CC[C@@H]3[C@]21C. The third kappa shape index (κ3) is 3.89.